The van der Waals surface area contributed by atoms with E-state index in [4.69, 9.17) is 0 Å². The standard InChI is InChI=1S/C23H26F3N5O/c1-13-21(14(2)31(3)30-13)22(32)28-16-8-6-7-15(11-16)27-19-12-20(23(24,25)26)29-18-10-5-4-9-17(18)19/h4-5,9-10,12,15-16H,6-8,11H2,1-3H3,(H,27,29)(H,28,32)/t15-,16+/m0/s1. The summed E-state index contributed by atoms with van der Waals surface area (Å²) in [6.45, 7) is 3.66. The Hall–Kier alpha value is -3.10. The van der Waals surface area contributed by atoms with Crippen molar-refractivity contribution in [1.29, 1.82) is 0 Å². The number of rotatable bonds is 4. The molecule has 2 heterocycles. The summed E-state index contributed by atoms with van der Waals surface area (Å²) in [6.07, 6.45) is -1.39. The first-order chi connectivity index (χ1) is 15.1. The molecule has 3 aromatic rings. The van der Waals surface area contributed by atoms with Crippen LogP contribution in [0.15, 0.2) is 30.3 Å². The van der Waals surface area contributed by atoms with Crippen LogP contribution in [0.1, 0.15) is 53.1 Å². The average Bonchev–Trinajstić information content (AvgIpc) is 2.99. The lowest BCUT2D eigenvalue weighted by atomic mass is 9.90. The summed E-state index contributed by atoms with van der Waals surface area (Å²) in [6, 6.07) is 7.75. The van der Waals surface area contributed by atoms with E-state index in [1.54, 1.807) is 42.9 Å². The van der Waals surface area contributed by atoms with Gasteiger partial charge in [0.25, 0.3) is 5.91 Å². The Morgan fingerprint density at radius 1 is 1.16 bits per heavy atom. The summed E-state index contributed by atoms with van der Waals surface area (Å²) in [5.74, 6) is -0.160. The molecule has 9 heteroatoms. The molecule has 2 aromatic heterocycles. The van der Waals surface area contributed by atoms with E-state index in [1.807, 2.05) is 6.92 Å². The molecule has 1 aliphatic rings. The molecule has 1 saturated carbocycles. The average molecular weight is 445 g/mol. The van der Waals surface area contributed by atoms with Crippen molar-refractivity contribution in [2.75, 3.05) is 5.32 Å². The van der Waals surface area contributed by atoms with Gasteiger partial charge in [-0.2, -0.15) is 18.3 Å². The van der Waals surface area contributed by atoms with Crippen LogP contribution in [-0.2, 0) is 13.2 Å². The fourth-order valence-corrected chi connectivity index (χ4v) is 4.47. The molecule has 1 aliphatic carbocycles. The number of benzene rings is 1. The molecule has 0 unspecified atom stereocenters. The highest BCUT2D eigenvalue weighted by Gasteiger charge is 2.34. The lowest BCUT2D eigenvalue weighted by Crippen LogP contribution is -2.42. The summed E-state index contributed by atoms with van der Waals surface area (Å²) in [7, 11) is 1.80. The monoisotopic (exact) mass is 445 g/mol. The van der Waals surface area contributed by atoms with Crippen LogP contribution in [-0.4, -0.2) is 32.8 Å². The number of aryl methyl sites for hydroxylation is 2. The normalized spacial score (nSPS) is 19.2. The van der Waals surface area contributed by atoms with Gasteiger partial charge in [0.1, 0.15) is 5.69 Å². The van der Waals surface area contributed by atoms with Crippen molar-refractivity contribution in [3.8, 4) is 0 Å². The predicted molar refractivity (Wildman–Crippen MR) is 117 cm³/mol. The molecule has 0 aliphatic heterocycles. The molecule has 1 amide bonds. The third-order valence-corrected chi connectivity index (χ3v) is 6.11. The quantitative estimate of drug-likeness (QED) is 0.608. The van der Waals surface area contributed by atoms with Gasteiger partial charge in [0.05, 0.1) is 16.8 Å². The van der Waals surface area contributed by atoms with Crippen molar-refractivity contribution in [3.05, 3.63) is 53.0 Å². The zero-order valence-corrected chi connectivity index (χ0v) is 18.3. The van der Waals surface area contributed by atoms with Gasteiger partial charge in [-0.1, -0.05) is 18.2 Å². The number of aromatic nitrogens is 3. The van der Waals surface area contributed by atoms with E-state index < -0.39 is 11.9 Å². The largest absolute Gasteiger partial charge is 0.433 e. The summed E-state index contributed by atoms with van der Waals surface area (Å²) in [5.41, 5.74) is 1.86. The second kappa shape index (κ2) is 8.44. The number of nitrogens with zero attached hydrogens (tertiary/aromatic N) is 3. The first kappa shape index (κ1) is 22.1. The number of halogens is 3. The van der Waals surface area contributed by atoms with E-state index in [0.717, 1.165) is 31.0 Å². The van der Waals surface area contributed by atoms with Crippen LogP contribution in [0.5, 0.6) is 0 Å². The molecule has 0 saturated heterocycles. The zero-order valence-electron chi connectivity index (χ0n) is 18.3. The van der Waals surface area contributed by atoms with Crippen LogP contribution >= 0.6 is 0 Å². The van der Waals surface area contributed by atoms with Gasteiger partial charge in [0.2, 0.25) is 0 Å². The first-order valence-electron chi connectivity index (χ1n) is 10.7. The molecule has 6 nitrogen and oxygen atoms in total. The number of hydrogen-bond acceptors (Lipinski definition) is 4. The minimum absolute atomic E-state index is 0.0583. The summed E-state index contributed by atoms with van der Waals surface area (Å²) < 4.78 is 41.8. The Labute approximate surface area is 184 Å². The highest BCUT2D eigenvalue weighted by Crippen LogP contribution is 2.34. The lowest BCUT2D eigenvalue weighted by molar-refractivity contribution is -0.140. The van der Waals surface area contributed by atoms with Gasteiger partial charge in [-0.05, 0) is 51.7 Å². The van der Waals surface area contributed by atoms with E-state index in [0.29, 0.717) is 34.3 Å². The number of para-hydroxylation sites is 1. The van der Waals surface area contributed by atoms with Crippen molar-refractivity contribution in [2.24, 2.45) is 7.05 Å². The van der Waals surface area contributed by atoms with E-state index in [9.17, 15) is 18.0 Å². The number of fused-ring (bicyclic) bond motifs is 1. The van der Waals surface area contributed by atoms with Gasteiger partial charge in [-0.3, -0.25) is 9.48 Å². The predicted octanol–water partition coefficient (Wildman–Crippen LogP) is 4.76. The molecule has 1 aromatic carbocycles. The lowest BCUT2D eigenvalue weighted by Gasteiger charge is -2.31. The van der Waals surface area contributed by atoms with E-state index in [2.05, 4.69) is 20.7 Å². The summed E-state index contributed by atoms with van der Waals surface area (Å²) in [4.78, 5) is 16.6. The van der Waals surface area contributed by atoms with Crippen LogP contribution in [0.2, 0.25) is 0 Å². The second-order valence-electron chi connectivity index (χ2n) is 8.42. The number of anilines is 1. The molecule has 0 bridgehead atoms. The Balaban J connectivity index is 1.52. The van der Waals surface area contributed by atoms with Crippen molar-refractivity contribution >= 4 is 22.5 Å². The number of pyridine rings is 1. The maximum atomic E-state index is 13.4. The van der Waals surface area contributed by atoms with Crippen LogP contribution in [0.25, 0.3) is 10.9 Å². The van der Waals surface area contributed by atoms with Crippen LogP contribution in [0.3, 0.4) is 0 Å². The van der Waals surface area contributed by atoms with Gasteiger partial charge >= 0.3 is 6.18 Å². The van der Waals surface area contributed by atoms with Crippen molar-refractivity contribution in [1.82, 2.24) is 20.1 Å². The number of alkyl halides is 3. The number of hydrogen-bond donors (Lipinski definition) is 2. The first-order valence-corrected chi connectivity index (χ1v) is 10.7. The fourth-order valence-electron chi connectivity index (χ4n) is 4.47. The summed E-state index contributed by atoms with van der Waals surface area (Å²) >= 11 is 0. The maximum absolute atomic E-state index is 13.4. The highest BCUT2D eigenvalue weighted by molar-refractivity contribution is 5.96. The minimum Gasteiger partial charge on any atom is -0.382 e. The topological polar surface area (TPSA) is 71.8 Å². The van der Waals surface area contributed by atoms with E-state index >= 15 is 0 Å². The minimum atomic E-state index is -4.52. The Morgan fingerprint density at radius 3 is 2.56 bits per heavy atom. The number of carbonyl (C=O) groups is 1. The Kier molecular flexibility index (Phi) is 5.83. The third kappa shape index (κ3) is 4.42. The van der Waals surface area contributed by atoms with Gasteiger partial charge in [0, 0.05) is 35.9 Å². The SMILES string of the molecule is Cc1nn(C)c(C)c1C(=O)N[C@@H]1CCC[C@H](Nc2cc(C(F)(F)F)nc3ccccc23)C1. The molecule has 4 rings (SSSR count). The number of carbonyl (C=O) groups excluding carboxylic acids is 1. The van der Waals surface area contributed by atoms with E-state index in [1.165, 1.54) is 0 Å². The zero-order chi connectivity index (χ0) is 23.0. The summed E-state index contributed by atoms with van der Waals surface area (Å²) in [5, 5.41) is 11.3. The molecule has 2 N–H and O–H groups in total. The molecule has 1 fully saturated rings. The molecule has 0 spiro atoms. The van der Waals surface area contributed by atoms with Gasteiger partial charge < -0.3 is 10.6 Å². The smallest absolute Gasteiger partial charge is 0.382 e. The molecular formula is C23H26F3N5O. The van der Waals surface area contributed by atoms with Gasteiger partial charge in [0.15, 0.2) is 0 Å². The highest BCUT2D eigenvalue weighted by atomic mass is 19.4. The molecule has 32 heavy (non-hydrogen) atoms. The second-order valence-corrected chi connectivity index (χ2v) is 8.42. The molecule has 2 atom stereocenters. The van der Waals surface area contributed by atoms with Crippen LogP contribution < -0.4 is 10.6 Å². The number of nitrogens with one attached hydrogen (secondary N) is 2. The van der Waals surface area contributed by atoms with Gasteiger partial charge in [-0.15, -0.1) is 0 Å². The van der Waals surface area contributed by atoms with Gasteiger partial charge in [-0.25, -0.2) is 4.98 Å². The van der Waals surface area contributed by atoms with Crippen LogP contribution in [0, 0.1) is 13.8 Å². The number of amides is 1. The molecular weight excluding hydrogens is 419 g/mol. The fraction of sp³-hybridized carbons (Fsp3) is 0.435. The van der Waals surface area contributed by atoms with Crippen molar-refractivity contribution < 1.29 is 18.0 Å². The third-order valence-electron chi connectivity index (χ3n) is 6.11. The Morgan fingerprint density at radius 2 is 1.88 bits per heavy atom. The Bertz CT molecular complexity index is 1150. The van der Waals surface area contributed by atoms with Crippen molar-refractivity contribution in [3.63, 3.8) is 0 Å². The van der Waals surface area contributed by atoms with Crippen molar-refractivity contribution in [2.45, 2.75) is 57.8 Å². The molecule has 0 radical (unpaired) electrons. The molecule has 170 valence electrons. The maximum Gasteiger partial charge on any atom is 0.433 e. The van der Waals surface area contributed by atoms with Crippen LogP contribution in [0.4, 0.5) is 18.9 Å². The van der Waals surface area contributed by atoms with E-state index in [-0.39, 0.29) is 18.0 Å².